The number of carbonyl (C=O) groups is 2. The largest absolute Gasteiger partial charge is 0.484 e. The number of amides is 1. The molecule has 1 aromatic heterocycles. The average Bonchev–Trinajstić information content (AvgIpc) is 3.83. The lowest BCUT2D eigenvalue weighted by molar-refractivity contribution is -0.109. The van der Waals surface area contributed by atoms with Gasteiger partial charge in [0.15, 0.2) is 23.8 Å². The Morgan fingerprint density at radius 1 is 1.19 bits per heavy atom. The number of fused-ring (bicyclic) bond motifs is 1. The number of benzene rings is 2. The second kappa shape index (κ2) is 10.8. The van der Waals surface area contributed by atoms with E-state index in [0.29, 0.717) is 42.1 Å². The number of rotatable bonds is 12. The molecule has 3 saturated carbocycles. The van der Waals surface area contributed by atoms with Gasteiger partial charge in [-0.3, -0.25) is 4.79 Å². The lowest BCUT2D eigenvalue weighted by Crippen LogP contribution is -2.49. The van der Waals surface area contributed by atoms with Crippen LogP contribution < -0.4 is 25.2 Å². The predicted octanol–water partition coefficient (Wildman–Crippen LogP) is 5.17. The van der Waals surface area contributed by atoms with Crippen LogP contribution in [0.1, 0.15) is 85.8 Å². The maximum atomic E-state index is 15.9. The van der Waals surface area contributed by atoms with Crippen molar-refractivity contribution in [3.05, 3.63) is 80.5 Å². The molecule has 4 aliphatic rings. The van der Waals surface area contributed by atoms with Gasteiger partial charge >= 0.3 is 0 Å². The smallest absolute Gasteiger partial charge is 0.261 e. The first kappa shape index (κ1) is 28.1. The fraction of sp³-hybridized carbons (Fsp3) is 0.412. The molecule has 1 amide bonds. The number of aldehydes is 1. The van der Waals surface area contributed by atoms with E-state index in [9.17, 15) is 14.0 Å². The first-order valence-corrected chi connectivity index (χ1v) is 15.6. The molecule has 9 heteroatoms. The van der Waals surface area contributed by atoms with Crippen molar-refractivity contribution in [2.24, 2.45) is 0 Å². The molecule has 43 heavy (non-hydrogen) atoms. The molecule has 222 valence electrons. The molecule has 1 atom stereocenters. The molecule has 0 radical (unpaired) electrons. The molecule has 0 bridgehead atoms. The average molecular weight is 605 g/mol. The molecule has 3 aliphatic carbocycles. The van der Waals surface area contributed by atoms with Crippen LogP contribution in [0.2, 0.25) is 5.02 Å². The Balaban J connectivity index is 1.19. The third-order valence-electron chi connectivity index (χ3n) is 8.95. The number of halogens is 3. The van der Waals surface area contributed by atoms with Crippen LogP contribution in [-0.2, 0) is 10.2 Å². The molecule has 0 saturated heterocycles. The number of nitrogens with one attached hydrogen (secondary N) is 1. The molecular weight excluding hydrogens is 572 g/mol. The molecule has 2 aromatic carbocycles. The van der Waals surface area contributed by atoms with Crippen molar-refractivity contribution in [1.82, 2.24) is 14.9 Å². The lowest BCUT2D eigenvalue weighted by atomic mass is 9.90. The van der Waals surface area contributed by atoms with Crippen molar-refractivity contribution in [2.45, 2.75) is 81.8 Å². The Hall–Kier alpha value is -3.65. The summed E-state index contributed by atoms with van der Waals surface area (Å²) in [6.45, 7) is 2.31. The quantitative estimate of drug-likeness (QED) is 0.229. The van der Waals surface area contributed by atoms with E-state index >= 15 is 4.39 Å². The van der Waals surface area contributed by atoms with Gasteiger partial charge in [-0.2, -0.15) is 4.58 Å². The normalized spacial score (nSPS) is 18.7. The van der Waals surface area contributed by atoms with E-state index in [1.807, 2.05) is 19.1 Å². The van der Waals surface area contributed by atoms with Gasteiger partial charge in [0.05, 0.1) is 16.5 Å². The third-order valence-corrected chi connectivity index (χ3v) is 9.24. The number of hydrogen-bond donors (Lipinski definition) is 1. The van der Waals surface area contributed by atoms with E-state index in [0.717, 1.165) is 41.9 Å². The van der Waals surface area contributed by atoms with Crippen LogP contribution in [0.3, 0.4) is 0 Å². The summed E-state index contributed by atoms with van der Waals surface area (Å²) in [5, 5.41) is 5.03. The zero-order valence-corrected chi connectivity index (χ0v) is 24.7. The van der Waals surface area contributed by atoms with E-state index in [2.05, 4.69) is 21.1 Å². The van der Waals surface area contributed by atoms with Gasteiger partial charge in [0, 0.05) is 47.7 Å². The van der Waals surface area contributed by atoms with E-state index in [1.54, 1.807) is 6.07 Å². The Kier molecular flexibility index (Phi) is 7.07. The topological polar surface area (TPSA) is 71.3 Å². The van der Waals surface area contributed by atoms with Gasteiger partial charge in [-0.05, 0) is 68.5 Å². The van der Waals surface area contributed by atoms with Crippen LogP contribution in [0.5, 0.6) is 5.75 Å². The molecule has 1 unspecified atom stereocenters. The Bertz CT molecular complexity index is 1780. The SMILES string of the molecule is CCCC(CNC(=O)c1cc(OC2CC2)c2c(c1)=C[N+]=2C1CC1)c1cc(C2(C=O)CC2)c(F)c(-c2ccc(F)c(Cl)c2)n1. The number of carbonyl (C=O) groups excluding carboxylic acids is 2. The van der Waals surface area contributed by atoms with E-state index < -0.39 is 17.0 Å². The molecule has 1 N–H and O–H groups in total. The molecule has 2 heterocycles. The van der Waals surface area contributed by atoms with Crippen molar-refractivity contribution >= 4 is 30.0 Å². The minimum Gasteiger partial charge on any atom is -0.484 e. The zero-order chi connectivity index (χ0) is 29.9. The van der Waals surface area contributed by atoms with Crippen LogP contribution in [0.15, 0.2) is 36.4 Å². The van der Waals surface area contributed by atoms with Crippen LogP contribution in [0.4, 0.5) is 8.78 Å². The van der Waals surface area contributed by atoms with E-state index in [1.165, 1.54) is 31.0 Å². The minimum atomic E-state index is -0.894. The minimum absolute atomic E-state index is 0.0231. The molecule has 3 aromatic rings. The summed E-state index contributed by atoms with van der Waals surface area (Å²) in [6, 6.07) is 9.91. The number of nitrogens with zero attached hydrogens (tertiary/aromatic N) is 2. The van der Waals surface area contributed by atoms with Crippen LogP contribution in [-0.4, -0.2) is 35.9 Å². The Labute approximate surface area is 253 Å². The predicted molar refractivity (Wildman–Crippen MR) is 160 cm³/mol. The summed E-state index contributed by atoms with van der Waals surface area (Å²) >= 11 is 6.03. The summed E-state index contributed by atoms with van der Waals surface area (Å²) in [5.74, 6) is -0.907. The monoisotopic (exact) mass is 604 g/mol. The fourth-order valence-corrected chi connectivity index (χ4v) is 6.12. The second-order valence-corrected chi connectivity index (χ2v) is 12.8. The Morgan fingerprint density at radius 3 is 2.63 bits per heavy atom. The highest BCUT2D eigenvalue weighted by molar-refractivity contribution is 6.31. The van der Waals surface area contributed by atoms with Crippen molar-refractivity contribution in [1.29, 1.82) is 0 Å². The lowest BCUT2D eigenvalue weighted by Gasteiger charge is -2.21. The van der Waals surface area contributed by atoms with Gasteiger partial charge in [-0.1, -0.05) is 24.9 Å². The molecule has 7 rings (SSSR count). The number of pyridine rings is 1. The summed E-state index contributed by atoms with van der Waals surface area (Å²) in [7, 11) is 0. The van der Waals surface area contributed by atoms with Crippen molar-refractivity contribution < 1.29 is 23.1 Å². The number of hydrogen-bond acceptors (Lipinski definition) is 4. The van der Waals surface area contributed by atoms with Crippen molar-refractivity contribution in [3.8, 4) is 17.0 Å². The van der Waals surface area contributed by atoms with Crippen LogP contribution in [0.25, 0.3) is 17.5 Å². The summed E-state index contributed by atoms with van der Waals surface area (Å²) < 4.78 is 38.3. The van der Waals surface area contributed by atoms with Gasteiger partial charge in [0.2, 0.25) is 0 Å². The first-order chi connectivity index (χ1) is 20.8. The van der Waals surface area contributed by atoms with Crippen molar-refractivity contribution in [3.63, 3.8) is 0 Å². The molecule has 0 spiro atoms. The second-order valence-electron chi connectivity index (χ2n) is 12.4. The van der Waals surface area contributed by atoms with Crippen LogP contribution >= 0.6 is 11.6 Å². The van der Waals surface area contributed by atoms with Gasteiger partial charge in [0.25, 0.3) is 11.3 Å². The van der Waals surface area contributed by atoms with Gasteiger partial charge in [-0.25, -0.2) is 13.8 Å². The maximum absolute atomic E-state index is 15.9. The molecule has 1 aliphatic heterocycles. The standard InChI is InChI=1S/C34H32ClF2N3O3/c1-2-3-20(16-38-33(42)21-12-22-17-40(23-5-6-23)32(22)29(14-21)43-24-7-8-24)28-15-25(34(18-41)10-11-34)30(37)31(39-28)19-4-9-27(36)26(35)13-19/h4,9,12-15,17-18,20,23-24H,2-3,5-8,10-11,16H2,1H3/p+1. The van der Waals surface area contributed by atoms with Gasteiger partial charge in [0.1, 0.15) is 23.0 Å². The number of aromatic nitrogens is 1. The molecule has 3 fully saturated rings. The highest BCUT2D eigenvalue weighted by Gasteiger charge is 2.47. The summed E-state index contributed by atoms with van der Waals surface area (Å²) in [6.07, 6.45) is 10.1. The summed E-state index contributed by atoms with van der Waals surface area (Å²) in [4.78, 5) is 30.2. The Morgan fingerprint density at radius 2 is 1.98 bits per heavy atom. The molecule has 6 nitrogen and oxygen atoms in total. The maximum Gasteiger partial charge on any atom is 0.261 e. The van der Waals surface area contributed by atoms with Crippen LogP contribution in [0, 0.1) is 11.6 Å². The van der Waals surface area contributed by atoms with Crippen molar-refractivity contribution in [2.75, 3.05) is 6.54 Å². The number of ether oxygens (including phenoxy) is 1. The highest BCUT2D eigenvalue weighted by Crippen LogP contribution is 2.49. The van der Waals surface area contributed by atoms with E-state index in [-0.39, 0.29) is 40.8 Å². The fourth-order valence-electron chi connectivity index (χ4n) is 5.94. The van der Waals surface area contributed by atoms with Gasteiger partial charge in [-0.15, -0.1) is 0 Å². The van der Waals surface area contributed by atoms with E-state index in [4.69, 9.17) is 16.3 Å². The molecular formula is C34H33ClF2N3O3+. The zero-order valence-electron chi connectivity index (χ0n) is 24.0. The third kappa shape index (κ3) is 5.35. The summed E-state index contributed by atoms with van der Waals surface area (Å²) in [5.41, 5.74) is 0.851. The van der Waals surface area contributed by atoms with Gasteiger partial charge < -0.3 is 14.8 Å². The highest BCUT2D eigenvalue weighted by atomic mass is 35.5. The first-order valence-electron chi connectivity index (χ1n) is 15.2.